The topological polar surface area (TPSA) is 24.5 Å². The SMILES string of the molecule is CCCN1CCC(Nc2cc(C)c(Cl)cc2OC)CC1. The first-order valence-corrected chi connectivity index (χ1v) is 7.84. The molecule has 1 aromatic carbocycles. The molecule has 1 aliphatic heterocycles. The summed E-state index contributed by atoms with van der Waals surface area (Å²) >= 11 is 6.15. The van der Waals surface area contributed by atoms with Crippen LogP contribution in [0.5, 0.6) is 5.75 Å². The summed E-state index contributed by atoms with van der Waals surface area (Å²) in [6.45, 7) is 7.85. The Labute approximate surface area is 127 Å². The van der Waals surface area contributed by atoms with Gasteiger partial charge in [-0.15, -0.1) is 0 Å². The van der Waals surface area contributed by atoms with E-state index in [0.717, 1.165) is 22.0 Å². The molecule has 112 valence electrons. The second kappa shape index (κ2) is 7.19. The van der Waals surface area contributed by atoms with Gasteiger partial charge >= 0.3 is 0 Å². The van der Waals surface area contributed by atoms with Crippen molar-refractivity contribution in [1.82, 2.24) is 4.90 Å². The van der Waals surface area contributed by atoms with E-state index in [1.165, 1.54) is 38.9 Å². The molecule has 3 nitrogen and oxygen atoms in total. The van der Waals surface area contributed by atoms with Gasteiger partial charge in [0.05, 0.1) is 12.8 Å². The highest BCUT2D eigenvalue weighted by Gasteiger charge is 2.19. The molecule has 0 atom stereocenters. The van der Waals surface area contributed by atoms with E-state index in [-0.39, 0.29) is 0 Å². The van der Waals surface area contributed by atoms with Crippen molar-refractivity contribution in [3.05, 3.63) is 22.7 Å². The van der Waals surface area contributed by atoms with Gasteiger partial charge in [-0.1, -0.05) is 18.5 Å². The molecular formula is C16H25ClN2O. The van der Waals surface area contributed by atoms with Crippen molar-refractivity contribution in [1.29, 1.82) is 0 Å². The molecule has 2 rings (SSSR count). The molecule has 20 heavy (non-hydrogen) atoms. The lowest BCUT2D eigenvalue weighted by Crippen LogP contribution is -2.39. The van der Waals surface area contributed by atoms with Gasteiger partial charge in [0, 0.05) is 30.2 Å². The maximum atomic E-state index is 6.15. The van der Waals surface area contributed by atoms with E-state index in [1.54, 1.807) is 7.11 Å². The lowest BCUT2D eigenvalue weighted by atomic mass is 10.0. The molecule has 0 spiro atoms. The predicted octanol–water partition coefficient (Wildman–Crippen LogP) is 3.94. The van der Waals surface area contributed by atoms with Gasteiger partial charge in [0.1, 0.15) is 5.75 Å². The molecule has 1 aliphatic rings. The molecule has 0 unspecified atom stereocenters. The maximum Gasteiger partial charge on any atom is 0.143 e. The molecule has 0 bridgehead atoms. The van der Waals surface area contributed by atoms with Crippen LogP contribution in [0, 0.1) is 6.92 Å². The van der Waals surface area contributed by atoms with Crippen molar-refractivity contribution in [2.45, 2.75) is 39.2 Å². The van der Waals surface area contributed by atoms with Gasteiger partial charge in [0.25, 0.3) is 0 Å². The zero-order valence-electron chi connectivity index (χ0n) is 12.7. The number of methoxy groups -OCH3 is 1. The Kier molecular flexibility index (Phi) is 5.55. The average Bonchev–Trinajstić information content (AvgIpc) is 2.45. The van der Waals surface area contributed by atoms with Crippen LogP contribution >= 0.6 is 11.6 Å². The molecule has 4 heteroatoms. The second-order valence-corrected chi connectivity index (χ2v) is 5.97. The third-order valence-electron chi connectivity index (χ3n) is 3.97. The first-order valence-electron chi connectivity index (χ1n) is 7.47. The van der Waals surface area contributed by atoms with Crippen molar-refractivity contribution < 1.29 is 4.74 Å². The molecule has 0 amide bonds. The number of anilines is 1. The van der Waals surface area contributed by atoms with Crippen LogP contribution in [0.4, 0.5) is 5.69 Å². The zero-order chi connectivity index (χ0) is 14.5. The van der Waals surface area contributed by atoms with Gasteiger partial charge in [0.15, 0.2) is 0 Å². The number of nitrogens with one attached hydrogen (secondary N) is 1. The predicted molar refractivity (Wildman–Crippen MR) is 86.1 cm³/mol. The summed E-state index contributed by atoms with van der Waals surface area (Å²) in [6, 6.07) is 4.50. The van der Waals surface area contributed by atoms with Crippen LogP contribution in [0.15, 0.2) is 12.1 Å². The Morgan fingerprint density at radius 2 is 2.05 bits per heavy atom. The monoisotopic (exact) mass is 296 g/mol. The van der Waals surface area contributed by atoms with E-state index in [0.29, 0.717) is 6.04 Å². The molecule has 1 aromatic rings. The lowest BCUT2D eigenvalue weighted by molar-refractivity contribution is 0.219. The molecule has 0 aromatic heterocycles. The highest BCUT2D eigenvalue weighted by atomic mass is 35.5. The van der Waals surface area contributed by atoms with Crippen LogP contribution in [0.25, 0.3) is 0 Å². The smallest absolute Gasteiger partial charge is 0.143 e. The van der Waals surface area contributed by atoms with Crippen LogP contribution in [0.1, 0.15) is 31.7 Å². The summed E-state index contributed by atoms with van der Waals surface area (Å²) in [7, 11) is 1.69. The number of benzene rings is 1. The highest BCUT2D eigenvalue weighted by Crippen LogP contribution is 2.32. The fourth-order valence-corrected chi connectivity index (χ4v) is 2.94. The highest BCUT2D eigenvalue weighted by molar-refractivity contribution is 6.31. The van der Waals surface area contributed by atoms with Gasteiger partial charge in [-0.2, -0.15) is 0 Å². The third kappa shape index (κ3) is 3.80. The van der Waals surface area contributed by atoms with Crippen LogP contribution in [0.2, 0.25) is 5.02 Å². The largest absolute Gasteiger partial charge is 0.495 e. The molecule has 0 saturated carbocycles. The molecule has 1 saturated heterocycles. The van der Waals surface area contributed by atoms with Gasteiger partial charge in [-0.3, -0.25) is 0 Å². The van der Waals surface area contributed by atoms with Gasteiger partial charge in [-0.25, -0.2) is 0 Å². The summed E-state index contributed by atoms with van der Waals surface area (Å²) in [5, 5.41) is 4.38. The summed E-state index contributed by atoms with van der Waals surface area (Å²) in [6.07, 6.45) is 3.61. The Morgan fingerprint density at radius 1 is 1.35 bits per heavy atom. The Morgan fingerprint density at radius 3 is 2.65 bits per heavy atom. The van der Waals surface area contributed by atoms with Crippen molar-refractivity contribution in [2.24, 2.45) is 0 Å². The Balaban J connectivity index is 1.99. The minimum absolute atomic E-state index is 0.526. The quantitative estimate of drug-likeness (QED) is 0.890. The number of hydrogen-bond acceptors (Lipinski definition) is 3. The fraction of sp³-hybridized carbons (Fsp3) is 0.625. The van der Waals surface area contributed by atoms with Crippen molar-refractivity contribution in [2.75, 3.05) is 32.1 Å². The van der Waals surface area contributed by atoms with Crippen LogP contribution in [-0.4, -0.2) is 37.7 Å². The molecule has 1 fully saturated rings. The summed E-state index contributed by atoms with van der Waals surface area (Å²) in [4.78, 5) is 2.54. The van der Waals surface area contributed by atoms with Crippen LogP contribution in [-0.2, 0) is 0 Å². The molecule has 1 N–H and O–H groups in total. The number of hydrogen-bond donors (Lipinski definition) is 1. The number of halogens is 1. The van der Waals surface area contributed by atoms with E-state index in [9.17, 15) is 0 Å². The van der Waals surface area contributed by atoms with Crippen LogP contribution < -0.4 is 10.1 Å². The normalized spacial score (nSPS) is 17.2. The van der Waals surface area contributed by atoms with Gasteiger partial charge in [0.2, 0.25) is 0 Å². The van der Waals surface area contributed by atoms with Crippen molar-refractivity contribution >= 4 is 17.3 Å². The number of likely N-dealkylation sites (tertiary alicyclic amines) is 1. The summed E-state index contributed by atoms with van der Waals surface area (Å²) in [5.41, 5.74) is 2.14. The molecule has 0 aliphatic carbocycles. The number of aryl methyl sites for hydroxylation is 1. The first-order chi connectivity index (χ1) is 9.63. The van der Waals surface area contributed by atoms with Crippen molar-refractivity contribution in [3.63, 3.8) is 0 Å². The van der Waals surface area contributed by atoms with E-state index in [1.807, 2.05) is 13.0 Å². The van der Waals surface area contributed by atoms with E-state index < -0.39 is 0 Å². The zero-order valence-corrected chi connectivity index (χ0v) is 13.5. The molecule has 0 radical (unpaired) electrons. The van der Waals surface area contributed by atoms with Crippen LogP contribution in [0.3, 0.4) is 0 Å². The van der Waals surface area contributed by atoms with E-state index in [4.69, 9.17) is 16.3 Å². The van der Waals surface area contributed by atoms with E-state index >= 15 is 0 Å². The Hall–Kier alpha value is -0.930. The Bertz CT molecular complexity index is 442. The van der Waals surface area contributed by atoms with Gasteiger partial charge in [-0.05, 0) is 44.4 Å². The minimum atomic E-state index is 0.526. The standard InChI is InChI=1S/C16H25ClN2O/c1-4-7-19-8-5-13(6-9-19)18-15-10-12(2)14(17)11-16(15)20-3/h10-11,13,18H,4-9H2,1-3H3. The summed E-state index contributed by atoms with van der Waals surface area (Å²) < 4.78 is 5.43. The fourth-order valence-electron chi connectivity index (χ4n) is 2.78. The van der Waals surface area contributed by atoms with Gasteiger partial charge < -0.3 is 15.0 Å². The maximum absolute atomic E-state index is 6.15. The molecule has 1 heterocycles. The average molecular weight is 297 g/mol. The number of ether oxygens (including phenoxy) is 1. The number of piperidine rings is 1. The lowest BCUT2D eigenvalue weighted by Gasteiger charge is -2.33. The van der Waals surface area contributed by atoms with E-state index in [2.05, 4.69) is 23.2 Å². The minimum Gasteiger partial charge on any atom is -0.495 e. The number of rotatable bonds is 5. The second-order valence-electron chi connectivity index (χ2n) is 5.56. The third-order valence-corrected chi connectivity index (χ3v) is 4.37. The number of nitrogens with zero attached hydrogens (tertiary/aromatic N) is 1. The molecular weight excluding hydrogens is 272 g/mol. The first kappa shape index (κ1) is 15.5. The summed E-state index contributed by atoms with van der Waals surface area (Å²) in [5.74, 6) is 0.830. The van der Waals surface area contributed by atoms with Crippen molar-refractivity contribution in [3.8, 4) is 5.75 Å².